The lowest BCUT2D eigenvalue weighted by atomic mass is 10.0. The maximum absolute atomic E-state index is 13.6. The van der Waals surface area contributed by atoms with Gasteiger partial charge in [-0.25, -0.2) is 13.2 Å². The first-order chi connectivity index (χ1) is 21.2. The summed E-state index contributed by atoms with van der Waals surface area (Å²) in [6.07, 6.45) is 0.671. The second kappa shape index (κ2) is 15.2. The van der Waals surface area contributed by atoms with Gasteiger partial charge in [0.2, 0.25) is 10.0 Å². The second-order valence-electron chi connectivity index (χ2n) is 11.0. The molecule has 1 amide bonds. The van der Waals surface area contributed by atoms with Gasteiger partial charge in [0.15, 0.2) is 0 Å². The van der Waals surface area contributed by atoms with Crippen molar-refractivity contribution in [1.29, 1.82) is 0 Å². The van der Waals surface area contributed by atoms with Crippen LogP contribution in [0.2, 0.25) is 0 Å². The summed E-state index contributed by atoms with van der Waals surface area (Å²) >= 11 is 1.39. The Kier molecular flexibility index (Phi) is 11.6. The van der Waals surface area contributed by atoms with E-state index >= 15 is 0 Å². The van der Waals surface area contributed by atoms with Gasteiger partial charge in [-0.05, 0) is 68.1 Å². The minimum absolute atomic E-state index is 0. The summed E-state index contributed by atoms with van der Waals surface area (Å²) in [7, 11) is -3.82. The van der Waals surface area contributed by atoms with E-state index in [1.165, 1.54) is 45.5 Å². The Hall–Kier alpha value is -3.54. The fourth-order valence-electron chi connectivity index (χ4n) is 5.34. The monoisotopic (exact) mass is 667 g/mol. The molecular formula is C34H38ClN3O5S2. The van der Waals surface area contributed by atoms with E-state index in [1.54, 1.807) is 6.92 Å². The van der Waals surface area contributed by atoms with Crippen LogP contribution in [-0.2, 0) is 40.8 Å². The van der Waals surface area contributed by atoms with Gasteiger partial charge in [0.25, 0.3) is 5.91 Å². The number of carbonyl (C=O) groups is 2. The van der Waals surface area contributed by atoms with E-state index in [9.17, 15) is 18.0 Å². The van der Waals surface area contributed by atoms with Crippen molar-refractivity contribution in [3.8, 4) is 0 Å². The molecule has 0 saturated carbocycles. The van der Waals surface area contributed by atoms with Gasteiger partial charge in [-0.15, -0.1) is 23.7 Å². The number of amides is 1. The molecule has 1 aliphatic heterocycles. The van der Waals surface area contributed by atoms with E-state index in [-0.39, 0.29) is 42.1 Å². The minimum Gasteiger partial charge on any atom is -0.462 e. The third-order valence-corrected chi connectivity index (χ3v) is 10.7. The molecule has 0 fully saturated rings. The van der Waals surface area contributed by atoms with Gasteiger partial charge in [-0.2, -0.15) is 4.31 Å². The zero-order valence-electron chi connectivity index (χ0n) is 25.6. The summed E-state index contributed by atoms with van der Waals surface area (Å²) in [5, 5.41) is 3.37. The zero-order valence-corrected chi connectivity index (χ0v) is 28.0. The van der Waals surface area contributed by atoms with Crippen molar-refractivity contribution >= 4 is 50.6 Å². The SMILES string of the molecule is CCOC(=O)c1c(NC(=O)c2ccc(S(=O)(=O)N(Cc3ccccc3)C(C)C)cc2)sc2c1CCN(Cc1ccccc1)C2.Cl. The number of benzene rings is 3. The minimum atomic E-state index is -3.82. The van der Waals surface area contributed by atoms with Crippen molar-refractivity contribution in [1.82, 2.24) is 9.21 Å². The number of sulfonamides is 1. The van der Waals surface area contributed by atoms with E-state index in [2.05, 4.69) is 22.3 Å². The Morgan fingerprint density at radius 1 is 0.956 bits per heavy atom. The molecule has 238 valence electrons. The van der Waals surface area contributed by atoms with Gasteiger partial charge in [0.05, 0.1) is 17.1 Å². The van der Waals surface area contributed by atoms with Gasteiger partial charge in [-0.3, -0.25) is 9.69 Å². The highest BCUT2D eigenvalue weighted by Gasteiger charge is 2.31. The van der Waals surface area contributed by atoms with Crippen LogP contribution in [0.15, 0.2) is 89.8 Å². The molecule has 0 unspecified atom stereocenters. The van der Waals surface area contributed by atoms with E-state index in [0.29, 0.717) is 23.5 Å². The second-order valence-corrected chi connectivity index (χ2v) is 14.0. The maximum atomic E-state index is 13.6. The average Bonchev–Trinajstić information content (AvgIpc) is 3.37. The number of fused-ring (bicyclic) bond motifs is 1. The summed E-state index contributed by atoms with van der Waals surface area (Å²) < 4.78 is 33.9. The summed E-state index contributed by atoms with van der Waals surface area (Å²) in [6, 6.07) is 25.3. The molecule has 0 radical (unpaired) electrons. The van der Waals surface area contributed by atoms with Crippen LogP contribution in [0.3, 0.4) is 0 Å². The molecule has 4 aromatic rings. The number of nitrogens with one attached hydrogen (secondary N) is 1. The number of nitrogens with zero attached hydrogens (tertiary/aromatic N) is 2. The lowest BCUT2D eigenvalue weighted by molar-refractivity contribution is 0.0526. The van der Waals surface area contributed by atoms with E-state index in [4.69, 9.17) is 4.74 Å². The number of ether oxygens (including phenoxy) is 1. The Morgan fingerprint density at radius 2 is 1.58 bits per heavy atom. The first-order valence-electron chi connectivity index (χ1n) is 14.7. The van der Waals surface area contributed by atoms with Crippen molar-refractivity contribution in [3.63, 3.8) is 0 Å². The number of esters is 1. The number of rotatable bonds is 11. The van der Waals surface area contributed by atoms with Crippen molar-refractivity contribution < 1.29 is 22.7 Å². The first kappa shape index (κ1) is 34.3. The van der Waals surface area contributed by atoms with Crippen LogP contribution in [0, 0.1) is 0 Å². The largest absolute Gasteiger partial charge is 0.462 e. The third-order valence-electron chi connectivity index (χ3n) is 7.57. The highest BCUT2D eigenvalue weighted by Crippen LogP contribution is 2.38. The number of anilines is 1. The highest BCUT2D eigenvalue weighted by molar-refractivity contribution is 7.89. The first-order valence-corrected chi connectivity index (χ1v) is 17.0. The molecule has 3 aromatic carbocycles. The van der Waals surface area contributed by atoms with Gasteiger partial charge >= 0.3 is 5.97 Å². The van der Waals surface area contributed by atoms with Crippen LogP contribution in [0.1, 0.15) is 63.1 Å². The van der Waals surface area contributed by atoms with E-state index in [1.807, 2.05) is 62.4 Å². The number of hydrogen-bond donors (Lipinski definition) is 1. The third kappa shape index (κ3) is 8.01. The normalized spacial score (nSPS) is 13.3. The number of halogens is 1. The van der Waals surface area contributed by atoms with Crippen LogP contribution in [0.25, 0.3) is 0 Å². The van der Waals surface area contributed by atoms with Crippen LogP contribution >= 0.6 is 23.7 Å². The van der Waals surface area contributed by atoms with Crippen molar-refractivity contribution in [2.75, 3.05) is 18.5 Å². The summed E-state index contributed by atoms with van der Waals surface area (Å²) in [5.41, 5.74) is 3.72. The van der Waals surface area contributed by atoms with Crippen LogP contribution in [0.4, 0.5) is 5.00 Å². The highest BCUT2D eigenvalue weighted by atomic mass is 35.5. The molecule has 1 aromatic heterocycles. The van der Waals surface area contributed by atoms with Crippen LogP contribution in [-0.4, -0.2) is 48.7 Å². The summed E-state index contributed by atoms with van der Waals surface area (Å²) in [4.78, 5) is 29.9. The average molecular weight is 668 g/mol. The topological polar surface area (TPSA) is 96.0 Å². The molecular weight excluding hydrogens is 630 g/mol. The lowest BCUT2D eigenvalue weighted by Crippen LogP contribution is -2.36. The molecule has 0 spiro atoms. The van der Waals surface area contributed by atoms with Crippen LogP contribution in [0.5, 0.6) is 0 Å². The fraction of sp³-hybridized carbons (Fsp3) is 0.294. The Bertz CT molecular complexity index is 1710. The van der Waals surface area contributed by atoms with Crippen molar-refractivity contribution in [2.24, 2.45) is 0 Å². The van der Waals surface area contributed by atoms with Crippen molar-refractivity contribution in [3.05, 3.63) is 118 Å². The molecule has 0 bridgehead atoms. The van der Waals surface area contributed by atoms with E-state index < -0.39 is 21.9 Å². The predicted octanol–water partition coefficient (Wildman–Crippen LogP) is 6.76. The smallest absolute Gasteiger partial charge is 0.341 e. The van der Waals surface area contributed by atoms with Crippen LogP contribution < -0.4 is 5.32 Å². The zero-order chi connectivity index (χ0) is 31.3. The van der Waals surface area contributed by atoms with Crippen molar-refractivity contribution in [2.45, 2.75) is 57.8 Å². The maximum Gasteiger partial charge on any atom is 0.341 e. The summed E-state index contributed by atoms with van der Waals surface area (Å²) in [6.45, 7) is 8.15. The molecule has 2 heterocycles. The standard InChI is InChI=1S/C34H37N3O5S2.ClH/c1-4-42-34(39)31-29-19-20-36(21-25-11-7-5-8-12-25)23-30(29)43-33(31)35-32(38)27-15-17-28(18-16-27)44(40,41)37(24(2)3)22-26-13-9-6-10-14-26;/h5-18,24H,4,19-23H2,1-3H3,(H,35,38);1H. The van der Waals surface area contributed by atoms with Gasteiger partial charge < -0.3 is 10.1 Å². The van der Waals surface area contributed by atoms with E-state index in [0.717, 1.165) is 29.1 Å². The molecule has 45 heavy (non-hydrogen) atoms. The lowest BCUT2D eigenvalue weighted by Gasteiger charge is -2.27. The molecule has 0 saturated heterocycles. The quantitative estimate of drug-likeness (QED) is 0.178. The summed E-state index contributed by atoms with van der Waals surface area (Å²) in [5.74, 6) is -0.880. The van der Waals surface area contributed by atoms with Gasteiger partial charge in [0, 0.05) is 42.7 Å². The van der Waals surface area contributed by atoms with Gasteiger partial charge in [-0.1, -0.05) is 60.7 Å². The Balaban J connectivity index is 0.00000461. The Labute approximate surface area is 275 Å². The number of hydrogen-bond acceptors (Lipinski definition) is 7. The Morgan fingerprint density at radius 3 is 2.18 bits per heavy atom. The molecule has 5 rings (SSSR count). The molecule has 11 heteroatoms. The molecule has 8 nitrogen and oxygen atoms in total. The molecule has 0 atom stereocenters. The fourth-order valence-corrected chi connectivity index (χ4v) is 8.24. The van der Waals surface area contributed by atoms with Gasteiger partial charge in [0.1, 0.15) is 5.00 Å². The number of thiophene rings is 1. The predicted molar refractivity (Wildman–Crippen MR) is 180 cm³/mol. The molecule has 1 N–H and O–H groups in total. The molecule has 1 aliphatic rings. The molecule has 0 aliphatic carbocycles. The number of carbonyl (C=O) groups excluding carboxylic acids is 2.